The second-order valence-corrected chi connectivity index (χ2v) is 6.19. The summed E-state index contributed by atoms with van der Waals surface area (Å²) in [7, 11) is 0. The van der Waals surface area contributed by atoms with Crippen molar-refractivity contribution >= 4 is 11.9 Å². The Morgan fingerprint density at radius 1 is 1.21 bits per heavy atom. The minimum Gasteiger partial charge on any atom is -0.481 e. The number of rotatable bonds is 4. The van der Waals surface area contributed by atoms with Crippen LogP contribution in [0.4, 0.5) is 0 Å². The van der Waals surface area contributed by atoms with Gasteiger partial charge in [0.25, 0.3) is 5.91 Å². The fourth-order valence-corrected chi connectivity index (χ4v) is 3.21. The molecule has 1 aromatic carbocycles. The molecule has 0 spiro atoms. The molecule has 24 heavy (non-hydrogen) atoms. The molecule has 5 heteroatoms. The maximum absolute atomic E-state index is 12.6. The number of hydrogen-bond acceptors (Lipinski definition) is 3. The van der Waals surface area contributed by atoms with Crippen molar-refractivity contribution in [1.82, 2.24) is 4.90 Å². The van der Waals surface area contributed by atoms with Gasteiger partial charge >= 0.3 is 5.97 Å². The number of aryl methyl sites for hydroxylation is 1. The number of carboxylic acid groups (broad SMARTS) is 1. The molecule has 5 nitrogen and oxygen atoms in total. The van der Waals surface area contributed by atoms with Gasteiger partial charge < -0.3 is 14.4 Å². The molecule has 2 aromatic rings. The van der Waals surface area contributed by atoms with Crippen LogP contribution in [0.25, 0.3) is 11.3 Å². The summed E-state index contributed by atoms with van der Waals surface area (Å²) in [5, 5.41) is 9.19. The smallest absolute Gasteiger partial charge is 0.308 e. The summed E-state index contributed by atoms with van der Waals surface area (Å²) >= 11 is 0. The number of aliphatic carboxylic acids is 1. The van der Waals surface area contributed by atoms with Crippen LogP contribution >= 0.6 is 0 Å². The lowest BCUT2D eigenvalue weighted by molar-refractivity contribution is -0.142. The van der Waals surface area contributed by atoms with Gasteiger partial charge in [-0.3, -0.25) is 9.59 Å². The number of amides is 1. The van der Waals surface area contributed by atoms with Gasteiger partial charge in [-0.15, -0.1) is 0 Å². The topological polar surface area (TPSA) is 70.8 Å². The van der Waals surface area contributed by atoms with E-state index in [0.717, 1.165) is 12.0 Å². The van der Waals surface area contributed by atoms with Crippen molar-refractivity contribution in [3.05, 3.63) is 47.7 Å². The number of carboxylic acids is 1. The van der Waals surface area contributed by atoms with Gasteiger partial charge in [-0.2, -0.15) is 0 Å². The Hall–Kier alpha value is -2.56. The zero-order chi connectivity index (χ0) is 17.3. The fraction of sp³-hybridized carbons (Fsp3) is 0.368. The summed E-state index contributed by atoms with van der Waals surface area (Å²) in [5.41, 5.74) is 2.16. The predicted octanol–water partition coefficient (Wildman–Crippen LogP) is 3.44. The molecule has 0 bridgehead atoms. The van der Waals surface area contributed by atoms with Crippen LogP contribution in [-0.2, 0) is 11.2 Å². The van der Waals surface area contributed by atoms with Crippen LogP contribution in [0.15, 0.2) is 40.8 Å². The van der Waals surface area contributed by atoms with Crippen LogP contribution in [-0.4, -0.2) is 34.5 Å². The second kappa shape index (κ2) is 6.51. The molecule has 2 atom stereocenters. The van der Waals surface area contributed by atoms with Gasteiger partial charge in [-0.1, -0.05) is 31.2 Å². The molecule has 1 aliphatic rings. The summed E-state index contributed by atoms with van der Waals surface area (Å²) in [6, 6.07) is 11.1. The van der Waals surface area contributed by atoms with E-state index in [1.807, 2.05) is 24.3 Å². The van der Waals surface area contributed by atoms with E-state index in [9.17, 15) is 14.7 Å². The Morgan fingerprint density at radius 2 is 1.92 bits per heavy atom. The third-order valence-corrected chi connectivity index (χ3v) is 4.80. The van der Waals surface area contributed by atoms with Gasteiger partial charge in [-0.25, -0.2) is 0 Å². The van der Waals surface area contributed by atoms with Crippen molar-refractivity contribution < 1.29 is 19.1 Å². The number of benzene rings is 1. The molecular weight excluding hydrogens is 306 g/mol. The molecule has 0 aliphatic carbocycles. The van der Waals surface area contributed by atoms with Crippen LogP contribution in [0, 0.1) is 5.92 Å². The number of nitrogens with zero attached hydrogens (tertiary/aromatic N) is 1. The van der Waals surface area contributed by atoms with Crippen LogP contribution in [0.3, 0.4) is 0 Å². The number of carbonyl (C=O) groups is 2. The third-order valence-electron chi connectivity index (χ3n) is 4.80. The maximum atomic E-state index is 12.6. The molecule has 1 aliphatic heterocycles. The van der Waals surface area contributed by atoms with E-state index in [0.29, 0.717) is 18.7 Å². The molecule has 3 rings (SSSR count). The first-order chi connectivity index (χ1) is 11.5. The zero-order valence-corrected chi connectivity index (χ0v) is 13.9. The quantitative estimate of drug-likeness (QED) is 0.934. The molecule has 1 aromatic heterocycles. The summed E-state index contributed by atoms with van der Waals surface area (Å²) in [6.07, 6.45) is 1.45. The highest BCUT2D eigenvalue weighted by atomic mass is 16.4. The summed E-state index contributed by atoms with van der Waals surface area (Å²) < 4.78 is 5.72. The average Bonchev–Trinajstić information content (AvgIpc) is 3.21. The predicted molar refractivity (Wildman–Crippen MR) is 89.8 cm³/mol. The maximum Gasteiger partial charge on any atom is 0.308 e. The summed E-state index contributed by atoms with van der Waals surface area (Å²) in [4.78, 5) is 25.4. The van der Waals surface area contributed by atoms with Gasteiger partial charge in [0.05, 0.1) is 5.92 Å². The molecule has 1 amide bonds. The number of likely N-dealkylation sites (tertiary alicyclic amines) is 1. The van der Waals surface area contributed by atoms with E-state index >= 15 is 0 Å². The van der Waals surface area contributed by atoms with Crippen molar-refractivity contribution in [2.75, 3.05) is 6.54 Å². The number of hydrogen-bond donors (Lipinski definition) is 1. The average molecular weight is 327 g/mol. The van der Waals surface area contributed by atoms with Gasteiger partial charge in [0, 0.05) is 18.2 Å². The fourth-order valence-electron chi connectivity index (χ4n) is 3.21. The lowest BCUT2D eigenvalue weighted by Gasteiger charge is -2.22. The molecule has 0 saturated carbocycles. The van der Waals surface area contributed by atoms with Crippen molar-refractivity contribution in [2.45, 2.75) is 32.7 Å². The minimum atomic E-state index is -0.853. The molecule has 1 fully saturated rings. The SMILES string of the molecule is CCc1ccc(-c2ccc(C(=O)N3CCC(C(=O)O)C3C)o2)cc1. The second-order valence-electron chi connectivity index (χ2n) is 6.19. The van der Waals surface area contributed by atoms with Crippen molar-refractivity contribution in [2.24, 2.45) is 5.92 Å². The first kappa shape index (κ1) is 16.3. The highest BCUT2D eigenvalue weighted by Crippen LogP contribution is 2.28. The molecule has 1 N–H and O–H groups in total. The first-order valence-corrected chi connectivity index (χ1v) is 8.24. The normalized spacial score (nSPS) is 20.3. The lowest BCUT2D eigenvalue weighted by Crippen LogP contribution is -2.37. The lowest BCUT2D eigenvalue weighted by atomic mass is 10.0. The molecule has 2 unspecified atom stereocenters. The highest BCUT2D eigenvalue weighted by molar-refractivity contribution is 5.93. The van der Waals surface area contributed by atoms with Crippen LogP contribution in [0.1, 0.15) is 36.4 Å². The number of carbonyl (C=O) groups excluding carboxylic acids is 1. The summed E-state index contributed by atoms with van der Waals surface area (Å²) in [5.74, 6) is -0.716. The van der Waals surface area contributed by atoms with E-state index in [-0.39, 0.29) is 17.7 Å². The van der Waals surface area contributed by atoms with Gasteiger partial charge in [0.15, 0.2) is 5.76 Å². The van der Waals surface area contributed by atoms with E-state index in [1.165, 1.54) is 5.56 Å². The molecule has 2 heterocycles. The largest absolute Gasteiger partial charge is 0.481 e. The van der Waals surface area contributed by atoms with Crippen molar-refractivity contribution in [1.29, 1.82) is 0 Å². The standard InChI is InChI=1S/C19H21NO4/c1-3-13-4-6-14(7-5-13)16-8-9-17(24-16)18(21)20-11-10-15(12(20)2)19(22)23/h4-9,12,15H,3,10-11H2,1-2H3,(H,22,23). The van der Waals surface area contributed by atoms with E-state index in [1.54, 1.807) is 24.0 Å². The van der Waals surface area contributed by atoms with Crippen molar-refractivity contribution in [3.8, 4) is 11.3 Å². The van der Waals surface area contributed by atoms with E-state index < -0.39 is 11.9 Å². The monoisotopic (exact) mass is 327 g/mol. The van der Waals surface area contributed by atoms with E-state index in [4.69, 9.17) is 4.42 Å². The Labute approximate surface area is 140 Å². The Kier molecular flexibility index (Phi) is 4.42. The Bertz CT molecular complexity index is 747. The van der Waals surface area contributed by atoms with Gasteiger partial charge in [0.1, 0.15) is 5.76 Å². The van der Waals surface area contributed by atoms with Crippen LogP contribution in [0.2, 0.25) is 0 Å². The summed E-state index contributed by atoms with van der Waals surface area (Å²) in [6.45, 7) is 4.31. The Balaban J connectivity index is 1.77. The third kappa shape index (κ3) is 2.94. The molecule has 126 valence electrons. The zero-order valence-electron chi connectivity index (χ0n) is 13.9. The van der Waals surface area contributed by atoms with E-state index in [2.05, 4.69) is 6.92 Å². The Morgan fingerprint density at radius 3 is 2.50 bits per heavy atom. The van der Waals surface area contributed by atoms with Crippen molar-refractivity contribution in [3.63, 3.8) is 0 Å². The molecular formula is C19H21NO4. The minimum absolute atomic E-state index is 0.248. The first-order valence-electron chi connectivity index (χ1n) is 8.24. The highest BCUT2D eigenvalue weighted by Gasteiger charge is 2.39. The van der Waals surface area contributed by atoms with Gasteiger partial charge in [-0.05, 0) is 37.5 Å². The van der Waals surface area contributed by atoms with Gasteiger partial charge in [0.2, 0.25) is 0 Å². The van der Waals surface area contributed by atoms with Crippen LogP contribution in [0.5, 0.6) is 0 Å². The molecule has 0 radical (unpaired) electrons. The molecule has 1 saturated heterocycles. The number of furan rings is 1. The van der Waals surface area contributed by atoms with Crippen LogP contribution < -0.4 is 0 Å².